The van der Waals surface area contributed by atoms with Crippen molar-refractivity contribution in [3.05, 3.63) is 28.0 Å². The fraction of sp³-hybridized carbons (Fsp3) is 0.273. The highest BCUT2D eigenvalue weighted by Crippen LogP contribution is 2.15. The summed E-state index contributed by atoms with van der Waals surface area (Å²) in [6.45, 7) is 0.200. The molecule has 1 atom stereocenters. The standard InChI is InChI=1S/C11H9N3O5S/c1-20-5-4-9-7-13(11(15)19-9)12-6-8-2-3-10(18-8)14(16)17/h2-3,6,9H,7H2,1H3. The first kappa shape index (κ1) is 14.0. The molecule has 0 bridgehead atoms. The van der Waals surface area contributed by atoms with Crippen molar-refractivity contribution in [2.75, 3.05) is 12.8 Å². The highest BCUT2D eigenvalue weighted by Gasteiger charge is 2.29. The summed E-state index contributed by atoms with van der Waals surface area (Å²) >= 11 is 1.32. The molecular weight excluding hydrogens is 286 g/mol. The average Bonchev–Trinajstić information content (AvgIpc) is 3.01. The first-order valence-corrected chi connectivity index (χ1v) is 6.62. The lowest BCUT2D eigenvalue weighted by Crippen LogP contribution is -2.18. The average molecular weight is 295 g/mol. The maximum absolute atomic E-state index is 11.5. The molecule has 8 nitrogen and oxygen atoms in total. The number of ether oxygens (including phenoxy) is 1. The van der Waals surface area contributed by atoms with Gasteiger partial charge in [-0.1, -0.05) is 11.8 Å². The number of furan rings is 1. The van der Waals surface area contributed by atoms with Crippen molar-refractivity contribution in [2.24, 2.45) is 5.10 Å². The molecule has 1 fully saturated rings. The van der Waals surface area contributed by atoms with E-state index in [1.165, 1.54) is 30.1 Å². The van der Waals surface area contributed by atoms with Crippen molar-refractivity contribution in [3.63, 3.8) is 0 Å². The van der Waals surface area contributed by atoms with Gasteiger partial charge in [-0.05, 0) is 23.5 Å². The van der Waals surface area contributed by atoms with Gasteiger partial charge in [0.15, 0.2) is 11.9 Å². The molecule has 2 rings (SSSR count). The van der Waals surface area contributed by atoms with Crippen LogP contribution in [0.3, 0.4) is 0 Å². The van der Waals surface area contributed by atoms with Crippen molar-refractivity contribution in [1.82, 2.24) is 5.01 Å². The van der Waals surface area contributed by atoms with Gasteiger partial charge in [-0.15, -0.1) is 0 Å². The molecule has 1 aliphatic rings. The largest absolute Gasteiger partial charge is 0.433 e. The van der Waals surface area contributed by atoms with Crippen LogP contribution < -0.4 is 0 Å². The monoisotopic (exact) mass is 295 g/mol. The summed E-state index contributed by atoms with van der Waals surface area (Å²) in [5, 5.41) is 18.1. The lowest BCUT2D eigenvalue weighted by Gasteiger charge is -2.01. The Morgan fingerprint density at radius 1 is 1.65 bits per heavy atom. The van der Waals surface area contributed by atoms with Gasteiger partial charge in [-0.25, -0.2) is 4.79 Å². The smallest absolute Gasteiger partial charge is 0.430 e. The van der Waals surface area contributed by atoms with Crippen LogP contribution in [-0.2, 0) is 4.74 Å². The van der Waals surface area contributed by atoms with E-state index in [2.05, 4.69) is 16.3 Å². The fourth-order valence-corrected chi connectivity index (χ4v) is 1.63. The molecule has 2 heterocycles. The Balaban J connectivity index is 2.00. The highest BCUT2D eigenvalue weighted by molar-refractivity contribution is 8.03. The van der Waals surface area contributed by atoms with Gasteiger partial charge in [-0.3, -0.25) is 10.1 Å². The van der Waals surface area contributed by atoms with Crippen LogP contribution in [0, 0.1) is 21.3 Å². The van der Waals surface area contributed by atoms with E-state index in [-0.39, 0.29) is 18.2 Å². The molecule has 1 aromatic rings. The van der Waals surface area contributed by atoms with E-state index in [1.807, 2.05) is 6.26 Å². The molecule has 1 aliphatic heterocycles. The maximum atomic E-state index is 11.5. The molecule has 0 saturated carbocycles. The molecule has 1 amide bonds. The number of nitrogens with zero attached hydrogens (tertiary/aromatic N) is 3. The summed E-state index contributed by atoms with van der Waals surface area (Å²) in [5.74, 6) is 2.53. The van der Waals surface area contributed by atoms with E-state index >= 15 is 0 Å². The van der Waals surface area contributed by atoms with Crippen molar-refractivity contribution >= 4 is 30.0 Å². The van der Waals surface area contributed by atoms with Gasteiger partial charge in [0, 0.05) is 0 Å². The van der Waals surface area contributed by atoms with Crippen molar-refractivity contribution < 1.29 is 18.9 Å². The summed E-state index contributed by atoms with van der Waals surface area (Å²) in [4.78, 5) is 21.2. The highest BCUT2D eigenvalue weighted by atomic mass is 32.2. The molecule has 1 unspecified atom stereocenters. The number of amides is 1. The zero-order chi connectivity index (χ0) is 14.5. The third-order valence-corrected chi connectivity index (χ3v) is 2.55. The number of carbonyl (C=O) groups excluding carboxylic acids is 1. The zero-order valence-electron chi connectivity index (χ0n) is 10.3. The van der Waals surface area contributed by atoms with Gasteiger partial charge in [0.05, 0.1) is 18.8 Å². The molecule has 1 saturated heterocycles. The lowest BCUT2D eigenvalue weighted by molar-refractivity contribution is -0.402. The van der Waals surface area contributed by atoms with Crippen molar-refractivity contribution in [1.29, 1.82) is 0 Å². The first-order valence-electron chi connectivity index (χ1n) is 5.40. The van der Waals surface area contributed by atoms with E-state index < -0.39 is 17.1 Å². The summed E-state index contributed by atoms with van der Waals surface area (Å²) in [6.07, 6.45) is 1.86. The second-order valence-electron chi connectivity index (χ2n) is 3.58. The van der Waals surface area contributed by atoms with Crippen molar-refractivity contribution in [2.45, 2.75) is 6.10 Å². The number of carbonyl (C=O) groups is 1. The molecule has 0 radical (unpaired) electrons. The van der Waals surface area contributed by atoms with Gasteiger partial charge in [0.1, 0.15) is 4.92 Å². The van der Waals surface area contributed by atoms with Gasteiger partial charge >= 0.3 is 12.0 Å². The molecule has 9 heteroatoms. The SMILES string of the molecule is CSC#CC1CN(N=Cc2ccc([N+](=O)[O-])o2)C(=O)O1. The number of thioether (sulfide) groups is 1. The fourth-order valence-electron chi connectivity index (χ4n) is 1.38. The van der Waals surface area contributed by atoms with Crippen LogP contribution in [-0.4, -0.2) is 41.1 Å². The van der Waals surface area contributed by atoms with Crippen LogP contribution in [0.1, 0.15) is 5.76 Å². The van der Waals surface area contributed by atoms with Crippen LogP contribution in [0.2, 0.25) is 0 Å². The Bertz CT molecular complexity index is 615. The number of nitro groups is 1. The van der Waals surface area contributed by atoms with Crippen LogP contribution in [0.15, 0.2) is 21.7 Å². The molecule has 20 heavy (non-hydrogen) atoms. The van der Waals surface area contributed by atoms with E-state index in [9.17, 15) is 14.9 Å². The number of rotatable bonds is 3. The minimum atomic E-state index is -0.657. The van der Waals surface area contributed by atoms with Crippen LogP contribution in [0.4, 0.5) is 10.7 Å². The van der Waals surface area contributed by atoms with E-state index in [0.717, 1.165) is 5.01 Å². The zero-order valence-corrected chi connectivity index (χ0v) is 11.1. The molecule has 0 N–H and O–H groups in total. The summed E-state index contributed by atoms with van der Waals surface area (Å²) in [7, 11) is 0. The minimum absolute atomic E-state index is 0.170. The van der Waals surface area contributed by atoms with Gasteiger partial charge in [0.2, 0.25) is 0 Å². The second-order valence-corrected chi connectivity index (χ2v) is 4.20. The second kappa shape index (κ2) is 6.12. The van der Waals surface area contributed by atoms with Gasteiger partial charge in [-0.2, -0.15) is 10.1 Å². The van der Waals surface area contributed by atoms with Gasteiger partial charge < -0.3 is 9.15 Å². The van der Waals surface area contributed by atoms with Gasteiger partial charge in [0.25, 0.3) is 0 Å². The quantitative estimate of drug-likeness (QED) is 0.364. The molecule has 0 aliphatic carbocycles. The van der Waals surface area contributed by atoms with E-state index in [0.29, 0.717) is 0 Å². The third-order valence-electron chi connectivity index (χ3n) is 2.23. The minimum Gasteiger partial charge on any atom is -0.430 e. The van der Waals surface area contributed by atoms with Crippen molar-refractivity contribution in [3.8, 4) is 11.2 Å². The third kappa shape index (κ3) is 3.30. The summed E-state index contributed by atoms with van der Waals surface area (Å²) < 4.78 is 9.83. The molecular formula is C11H9N3O5S. The Morgan fingerprint density at radius 3 is 3.10 bits per heavy atom. The molecule has 104 valence electrons. The van der Waals surface area contributed by atoms with E-state index in [1.54, 1.807) is 0 Å². The topological polar surface area (TPSA) is 98.2 Å². The number of cyclic esters (lactones) is 1. The number of hydrogen-bond acceptors (Lipinski definition) is 7. The summed E-state index contributed by atoms with van der Waals surface area (Å²) in [6, 6.07) is 2.59. The van der Waals surface area contributed by atoms with Crippen LogP contribution in [0.25, 0.3) is 0 Å². The summed E-state index contributed by atoms with van der Waals surface area (Å²) in [5.41, 5.74) is 0. The Hall–Kier alpha value is -2.47. The van der Waals surface area contributed by atoms with Crippen LogP contribution in [0.5, 0.6) is 0 Å². The Labute approximate surface area is 117 Å². The number of hydrazone groups is 1. The van der Waals surface area contributed by atoms with Crippen LogP contribution >= 0.6 is 11.8 Å². The molecule has 1 aromatic heterocycles. The predicted octanol–water partition coefficient (Wildman–Crippen LogP) is 1.67. The Kier molecular flexibility index (Phi) is 4.27. The molecule has 0 aromatic carbocycles. The first-order chi connectivity index (χ1) is 9.60. The Morgan fingerprint density at radius 2 is 2.45 bits per heavy atom. The maximum Gasteiger partial charge on any atom is 0.433 e. The van der Waals surface area contributed by atoms with E-state index in [4.69, 9.17) is 9.15 Å². The normalized spacial score (nSPS) is 17.9. The molecule has 0 spiro atoms. The number of hydrogen-bond donors (Lipinski definition) is 0. The lowest BCUT2D eigenvalue weighted by atomic mass is 10.4. The predicted molar refractivity (Wildman–Crippen MR) is 71.2 cm³/mol.